The van der Waals surface area contributed by atoms with E-state index in [9.17, 15) is 0 Å². The lowest BCUT2D eigenvalue weighted by molar-refractivity contribution is 0.411. The summed E-state index contributed by atoms with van der Waals surface area (Å²) in [7, 11) is 3.74. The van der Waals surface area contributed by atoms with Crippen molar-refractivity contribution in [3.05, 3.63) is 23.3 Å². The van der Waals surface area contributed by atoms with E-state index in [1.807, 2.05) is 18.8 Å². The fourth-order valence-electron chi connectivity index (χ4n) is 1.89. The zero-order valence-corrected chi connectivity index (χ0v) is 13.1. The summed E-state index contributed by atoms with van der Waals surface area (Å²) in [6, 6.07) is 4.37. The van der Waals surface area contributed by atoms with Crippen LogP contribution in [0.1, 0.15) is 25.0 Å². The smallest absolute Gasteiger partial charge is 0.122 e. The van der Waals surface area contributed by atoms with Crippen molar-refractivity contribution in [3.8, 4) is 5.75 Å². The minimum atomic E-state index is 0.599. The SMILES string of the molecule is CNCC(Sc1cc(C)c(OC)cc1C)C(C)C. The Balaban J connectivity index is 2.92. The average molecular weight is 267 g/mol. The highest BCUT2D eigenvalue weighted by molar-refractivity contribution is 8.00. The van der Waals surface area contributed by atoms with Gasteiger partial charge in [-0.05, 0) is 50.1 Å². The molecule has 1 N–H and O–H groups in total. The first kappa shape index (κ1) is 15.4. The van der Waals surface area contributed by atoms with Crippen molar-refractivity contribution in [2.75, 3.05) is 20.7 Å². The lowest BCUT2D eigenvalue weighted by atomic mass is 10.1. The van der Waals surface area contributed by atoms with Gasteiger partial charge in [-0.25, -0.2) is 0 Å². The van der Waals surface area contributed by atoms with Crippen LogP contribution >= 0.6 is 11.8 Å². The Morgan fingerprint density at radius 2 is 1.89 bits per heavy atom. The fourth-order valence-corrected chi connectivity index (χ4v) is 3.23. The van der Waals surface area contributed by atoms with Gasteiger partial charge in [-0.2, -0.15) is 0 Å². The van der Waals surface area contributed by atoms with Crippen LogP contribution in [0.4, 0.5) is 0 Å². The Bertz CT molecular complexity index is 390. The number of aryl methyl sites for hydroxylation is 2. The van der Waals surface area contributed by atoms with Gasteiger partial charge < -0.3 is 10.1 Å². The lowest BCUT2D eigenvalue weighted by Gasteiger charge is -2.21. The van der Waals surface area contributed by atoms with Gasteiger partial charge >= 0.3 is 0 Å². The Morgan fingerprint density at radius 3 is 2.39 bits per heavy atom. The van der Waals surface area contributed by atoms with Crippen molar-refractivity contribution in [2.24, 2.45) is 5.92 Å². The molecule has 0 heterocycles. The third kappa shape index (κ3) is 3.92. The summed E-state index contributed by atoms with van der Waals surface area (Å²) in [5, 5.41) is 3.88. The van der Waals surface area contributed by atoms with E-state index >= 15 is 0 Å². The van der Waals surface area contributed by atoms with Gasteiger partial charge in [0.05, 0.1) is 7.11 Å². The fraction of sp³-hybridized carbons (Fsp3) is 0.600. The molecule has 0 radical (unpaired) electrons. The van der Waals surface area contributed by atoms with Crippen molar-refractivity contribution in [1.29, 1.82) is 0 Å². The number of ether oxygens (including phenoxy) is 1. The Morgan fingerprint density at radius 1 is 1.22 bits per heavy atom. The first-order valence-corrected chi connectivity index (χ1v) is 7.34. The molecule has 18 heavy (non-hydrogen) atoms. The Kier molecular flexibility index (Phi) is 6.03. The van der Waals surface area contributed by atoms with E-state index in [4.69, 9.17) is 4.74 Å². The van der Waals surface area contributed by atoms with Crippen LogP contribution in [-0.4, -0.2) is 26.0 Å². The molecule has 0 aliphatic carbocycles. The molecule has 0 aliphatic heterocycles. The van der Waals surface area contributed by atoms with E-state index < -0.39 is 0 Å². The van der Waals surface area contributed by atoms with Crippen LogP contribution < -0.4 is 10.1 Å². The van der Waals surface area contributed by atoms with Crippen LogP contribution in [0, 0.1) is 19.8 Å². The van der Waals surface area contributed by atoms with Gasteiger partial charge in [0.25, 0.3) is 0 Å². The summed E-state index contributed by atoms with van der Waals surface area (Å²) in [4.78, 5) is 1.36. The summed E-state index contributed by atoms with van der Waals surface area (Å²) in [6.45, 7) is 9.85. The van der Waals surface area contributed by atoms with E-state index in [-0.39, 0.29) is 0 Å². The number of methoxy groups -OCH3 is 1. The third-order valence-corrected chi connectivity index (χ3v) is 4.83. The van der Waals surface area contributed by atoms with E-state index in [2.05, 4.69) is 45.1 Å². The normalized spacial score (nSPS) is 12.8. The minimum absolute atomic E-state index is 0.599. The quantitative estimate of drug-likeness (QED) is 0.795. The first-order valence-electron chi connectivity index (χ1n) is 6.46. The van der Waals surface area contributed by atoms with E-state index in [1.165, 1.54) is 16.0 Å². The zero-order valence-electron chi connectivity index (χ0n) is 12.3. The predicted octanol–water partition coefficient (Wildman–Crippen LogP) is 3.65. The largest absolute Gasteiger partial charge is 0.496 e. The molecule has 1 atom stereocenters. The Labute approximate surface area is 116 Å². The molecule has 1 unspecified atom stereocenters. The van der Waals surface area contributed by atoms with Gasteiger partial charge in [-0.3, -0.25) is 0 Å². The van der Waals surface area contributed by atoms with E-state index in [0.29, 0.717) is 11.2 Å². The second-order valence-corrected chi connectivity index (χ2v) is 6.33. The molecule has 3 heteroatoms. The van der Waals surface area contributed by atoms with E-state index in [0.717, 1.165) is 12.3 Å². The monoisotopic (exact) mass is 267 g/mol. The highest BCUT2D eigenvalue weighted by Gasteiger charge is 2.16. The highest BCUT2D eigenvalue weighted by atomic mass is 32.2. The summed E-state index contributed by atoms with van der Waals surface area (Å²) in [5.74, 6) is 1.64. The van der Waals surface area contributed by atoms with Crippen LogP contribution in [-0.2, 0) is 0 Å². The summed E-state index contributed by atoms with van der Waals surface area (Å²) >= 11 is 1.96. The summed E-state index contributed by atoms with van der Waals surface area (Å²) < 4.78 is 5.36. The van der Waals surface area contributed by atoms with Crippen molar-refractivity contribution >= 4 is 11.8 Å². The van der Waals surface area contributed by atoms with Crippen molar-refractivity contribution in [3.63, 3.8) is 0 Å². The van der Waals surface area contributed by atoms with Crippen LogP contribution in [0.15, 0.2) is 17.0 Å². The summed E-state index contributed by atoms with van der Waals surface area (Å²) in [6.07, 6.45) is 0. The molecule has 0 amide bonds. The van der Waals surface area contributed by atoms with Gasteiger partial charge in [0.2, 0.25) is 0 Å². The number of nitrogens with one attached hydrogen (secondary N) is 1. The maximum atomic E-state index is 5.36. The molecule has 0 saturated carbocycles. The maximum absolute atomic E-state index is 5.36. The second kappa shape index (κ2) is 7.05. The highest BCUT2D eigenvalue weighted by Crippen LogP contribution is 2.34. The molecule has 0 bridgehead atoms. The molecule has 102 valence electrons. The molecule has 0 aliphatic rings. The molecule has 1 rings (SSSR count). The first-order chi connectivity index (χ1) is 8.49. The molecule has 2 nitrogen and oxygen atoms in total. The molecule has 0 saturated heterocycles. The van der Waals surface area contributed by atoms with Gasteiger partial charge in [-0.15, -0.1) is 11.8 Å². The van der Waals surface area contributed by atoms with Gasteiger partial charge in [0.15, 0.2) is 0 Å². The molecule has 0 spiro atoms. The van der Waals surface area contributed by atoms with Crippen molar-refractivity contribution in [1.82, 2.24) is 5.32 Å². The number of thioether (sulfide) groups is 1. The van der Waals surface area contributed by atoms with E-state index in [1.54, 1.807) is 7.11 Å². The summed E-state index contributed by atoms with van der Waals surface area (Å²) in [5.41, 5.74) is 2.50. The van der Waals surface area contributed by atoms with Crippen LogP contribution in [0.5, 0.6) is 5.75 Å². The number of benzene rings is 1. The number of hydrogen-bond acceptors (Lipinski definition) is 3. The van der Waals surface area contributed by atoms with Crippen molar-refractivity contribution in [2.45, 2.75) is 37.8 Å². The average Bonchev–Trinajstić information content (AvgIpc) is 2.32. The molecular formula is C15H25NOS. The van der Waals surface area contributed by atoms with Crippen LogP contribution in [0.2, 0.25) is 0 Å². The number of hydrogen-bond donors (Lipinski definition) is 1. The standard InChI is InChI=1S/C15H25NOS/c1-10(2)15(9-16-5)18-14-8-11(3)13(17-6)7-12(14)4/h7-8,10,15-16H,9H2,1-6H3. The second-order valence-electron chi connectivity index (χ2n) is 5.05. The zero-order chi connectivity index (χ0) is 13.7. The van der Waals surface area contributed by atoms with Gasteiger partial charge in [-0.1, -0.05) is 13.8 Å². The Hall–Kier alpha value is -0.670. The van der Waals surface area contributed by atoms with Crippen LogP contribution in [0.25, 0.3) is 0 Å². The molecule has 0 fully saturated rings. The van der Waals surface area contributed by atoms with Crippen molar-refractivity contribution < 1.29 is 4.74 Å². The lowest BCUT2D eigenvalue weighted by Crippen LogP contribution is -2.25. The minimum Gasteiger partial charge on any atom is -0.496 e. The predicted molar refractivity (Wildman–Crippen MR) is 80.9 cm³/mol. The molecule has 1 aromatic carbocycles. The topological polar surface area (TPSA) is 21.3 Å². The van der Waals surface area contributed by atoms with Gasteiger partial charge in [0, 0.05) is 16.7 Å². The third-order valence-electron chi connectivity index (χ3n) is 3.12. The molecular weight excluding hydrogens is 242 g/mol. The van der Waals surface area contributed by atoms with Crippen LogP contribution in [0.3, 0.4) is 0 Å². The number of rotatable bonds is 6. The molecule has 1 aromatic rings. The molecule has 0 aromatic heterocycles. The van der Waals surface area contributed by atoms with Gasteiger partial charge in [0.1, 0.15) is 5.75 Å². The maximum Gasteiger partial charge on any atom is 0.122 e.